The van der Waals surface area contributed by atoms with Gasteiger partial charge >= 0.3 is 0 Å². The molecule has 1 aliphatic rings. The smallest absolute Gasteiger partial charge is 0.137 e. The number of nitrogens with zero attached hydrogens (tertiary/aromatic N) is 2. The minimum atomic E-state index is 0.734. The summed E-state index contributed by atoms with van der Waals surface area (Å²) in [4.78, 5) is 4.54. The molecular weight excluding hydrogens is 212 g/mol. The molecule has 0 atom stereocenters. The largest absolute Gasteiger partial charge is 0.377 e. The third-order valence-corrected chi connectivity index (χ3v) is 3.20. The highest BCUT2D eigenvalue weighted by Gasteiger charge is 2.08. The zero-order chi connectivity index (χ0) is 11.7. The van der Waals surface area contributed by atoms with Gasteiger partial charge in [0.15, 0.2) is 0 Å². The first kappa shape index (κ1) is 10.5. The number of imidazole rings is 1. The molecule has 0 saturated heterocycles. The average Bonchev–Trinajstić information content (AvgIpc) is 2.81. The van der Waals surface area contributed by atoms with Crippen LogP contribution in [-0.4, -0.2) is 22.6 Å². The van der Waals surface area contributed by atoms with E-state index in [1.807, 2.05) is 0 Å². The van der Waals surface area contributed by atoms with E-state index in [9.17, 15) is 0 Å². The number of pyridine rings is 1. The molecule has 1 aliphatic heterocycles. The van der Waals surface area contributed by atoms with Crippen LogP contribution < -0.4 is 0 Å². The molecule has 88 valence electrons. The molecule has 0 fully saturated rings. The molecule has 3 heteroatoms. The normalized spacial score (nSPS) is 16.2. The Kier molecular flexibility index (Phi) is 2.69. The van der Waals surface area contributed by atoms with E-state index >= 15 is 0 Å². The second kappa shape index (κ2) is 4.34. The Balaban J connectivity index is 2.03. The van der Waals surface area contributed by atoms with E-state index in [1.54, 1.807) is 0 Å². The number of hydrogen-bond acceptors (Lipinski definition) is 2. The second-order valence-electron chi connectivity index (χ2n) is 4.32. The predicted molar refractivity (Wildman–Crippen MR) is 68.0 cm³/mol. The van der Waals surface area contributed by atoms with Crippen LogP contribution in [0.2, 0.25) is 0 Å². The van der Waals surface area contributed by atoms with Crippen molar-refractivity contribution in [1.29, 1.82) is 0 Å². The molecule has 0 aliphatic carbocycles. The zero-order valence-electron chi connectivity index (χ0n) is 10.0. The molecule has 3 heterocycles. The van der Waals surface area contributed by atoms with Crippen LogP contribution in [0.5, 0.6) is 0 Å². The lowest BCUT2D eigenvalue weighted by atomic mass is 10.0. The number of rotatable bonds is 2. The van der Waals surface area contributed by atoms with Crippen LogP contribution in [-0.2, 0) is 11.2 Å². The summed E-state index contributed by atoms with van der Waals surface area (Å²) in [5.41, 5.74) is 4.83. The van der Waals surface area contributed by atoms with Crippen molar-refractivity contribution in [3.8, 4) is 0 Å². The Bertz CT molecular complexity index is 569. The standard InChI is InChI=1S/C14H16N2O/c1-2-13-10-16-9-12(3-4-14(16)15-13)11-5-7-17-8-6-11/h3-5,9-10H,2,6-8H2,1H3. The summed E-state index contributed by atoms with van der Waals surface area (Å²) in [6.07, 6.45) is 8.42. The van der Waals surface area contributed by atoms with Crippen LogP contribution in [0.4, 0.5) is 0 Å². The minimum absolute atomic E-state index is 0.734. The number of aromatic nitrogens is 2. The maximum Gasteiger partial charge on any atom is 0.137 e. The maximum atomic E-state index is 5.33. The molecular formula is C14H16N2O. The third-order valence-electron chi connectivity index (χ3n) is 3.20. The third kappa shape index (κ3) is 1.98. The fourth-order valence-corrected chi connectivity index (χ4v) is 2.19. The molecule has 0 bridgehead atoms. The Morgan fingerprint density at radius 3 is 3.06 bits per heavy atom. The Morgan fingerprint density at radius 1 is 1.35 bits per heavy atom. The van der Waals surface area contributed by atoms with E-state index in [4.69, 9.17) is 4.74 Å². The molecule has 3 rings (SSSR count). The van der Waals surface area contributed by atoms with Crippen molar-refractivity contribution in [2.75, 3.05) is 13.2 Å². The highest BCUT2D eigenvalue weighted by molar-refractivity contribution is 5.67. The quantitative estimate of drug-likeness (QED) is 0.790. The number of aryl methyl sites for hydroxylation is 1. The molecule has 3 nitrogen and oxygen atoms in total. The van der Waals surface area contributed by atoms with Gasteiger partial charge in [0.25, 0.3) is 0 Å². The van der Waals surface area contributed by atoms with Gasteiger partial charge in [-0.3, -0.25) is 0 Å². The summed E-state index contributed by atoms with van der Waals surface area (Å²) < 4.78 is 7.45. The second-order valence-corrected chi connectivity index (χ2v) is 4.32. The fourth-order valence-electron chi connectivity index (χ4n) is 2.19. The van der Waals surface area contributed by atoms with Gasteiger partial charge in [-0.1, -0.05) is 13.0 Å². The zero-order valence-corrected chi connectivity index (χ0v) is 10.0. The lowest BCUT2D eigenvalue weighted by Gasteiger charge is -2.13. The van der Waals surface area contributed by atoms with Crippen molar-refractivity contribution in [3.63, 3.8) is 0 Å². The lowest BCUT2D eigenvalue weighted by Crippen LogP contribution is -2.04. The molecule has 0 unspecified atom stereocenters. The highest BCUT2D eigenvalue weighted by atomic mass is 16.5. The van der Waals surface area contributed by atoms with Crippen molar-refractivity contribution in [2.45, 2.75) is 19.8 Å². The molecule has 2 aromatic heterocycles. The lowest BCUT2D eigenvalue weighted by molar-refractivity contribution is 0.161. The van der Waals surface area contributed by atoms with Crippen molar-refractivity contribution in [2.24, 2.45) is 0 Å². The molecule has 0 spiro atoms. The summed E-state index contributed by atoms with van der Waals surface area (Å²) in [5.74, 6) is 0. The van der Waals surface area contributed by atoms with E-state index in [2.05, 4.69) is 46.9 Å². The van der Waals surface area contributed by atoms with Gasteiger partial charge in [-0.2, -0.15) is 0 Å². The van der Waals surface area contributed by atoms with Crippen LogP contribution >= 0.6 is 0 Å². The van der Waals surface area contributed by atoms with Crippen LogP contribution in [0.1, 0.15) is 24.6 Å². The Hall–Kier alpha value is -1.61. The van der Waals surface area contributed by atoms with Crippen molar-refractivity contribution in [3.05, 3.63) is 41.9 Å². The van der Waals surface area contributed by atoms with Gasteiger partial charge in [-0.15, -0.1) is 0 Å². The van der Waals surface area contributed by atoms with Crippen molar-refractivity contribution in [1.82, 2.24) is 9.38 Å². The van der Waals surface area contributed by atoms with Crippen molar-refractivity contribution < 1.29 is 4.74 Å². The number of fused-ring (bicyclic) bond motifs is 1. The summed E-state index contributed by atoms with van der Waals surface area (Å²) in [6, 6.07) is 4.24. The van der Waals surface area contributed by atoms with Crippen LogP contribution in [0.25, 0.3) is 11.2 Å². The van der Waals surface area contributed by atoms with E-state index in [0.29, 0.717) is 0 Å². The molecule has 0 radical (unpaired) electrons. The molecule has 0 N–H and O–H groups in total. The van der Waals surface area contributed by atoms with E-state index in [0.717, 1.165) is 37.4 Å². The SMILES string of the molecule is CCc1cn2cc(C3=CCOCC3)ccc2n1. The maximum absolute atomic E-state index is 5.33. The van der Waals surface area contributed by atoms with Gasteiger partial charge in [0.1, 0.15) is 5.65 Å². The minimum Gasteiger partial charge on any atom is -0.377 e. The number of hydrogen-bond donors (Lipinski definition) is 0. The highest BCUT2D eigenvalue weighted by Crippen LogP contribution is 2.21. The topological polar surface area (TPSA) is 26.5 Å². The van der Waals surface area contributed by atoms with Crippen LogP contribution in [0.3, 0.4) is 0 Å². The summed E-state index contributed by atoms with van der Waals surface area (Å²) in [5, 5.41) is 0. The number of ether oxygens (including phenoxy) is 1. The van der Waals surface area contributed by atoms with E-state index < -0.39 is 0 Å². The van der Waals surface area contributed by atoms with Gasteiger partial charge in [0.05, 0.1) is 18.9 Å². The van der Waals surface area contributed by atoms with Crippen LogP contribution in [0.15, 0.2) is 30.6 Å². The summed E-state index contributed by atoms with van der Waals surface area (Å²) in [7, 11) is 0. The first-order valence-electron chi connectivity index (χ1n) is 6.11. The van der Waals surface area contributed by atoms with Gasteiger partial charge < -0.3 is 9.14 Å². The Labute approximate surface area is 101 Å². The molecule has 0 amide bonds. The average molecular weight is 228 g/mol. The summed E-state index contributed by atoms with van der Waals surface area (Å²) in [6.45, 7) is 3.69. The van der Waals surface area contributed by atoms with Gasteiger partial charge in [0.2, 0.25) is 0 Å². The summed E-state index contributed by atoms with van der Waals surface area (Å²) >= 11 is 0. The van der Waals surface area contributed by atoms with Crippen LogP contribution in [0, 0.1) is 0 Å². The van der Waals surface area contributed by atoms with E-state index in [1.165, 1.54) is 11.1 Å². The predicted octanol–water partition coefficient (Wildman–Crippen LogP) is 2.70. The van der Waals surface area contributed by atoms with Gasteiger partial charge in [0, 0.05) is 12.4 Å². The molecule has 17 heavy (non-hydrogen) atoms. The van der Waals surface area contributed by atoms with E-state index in [-0.39, 0.29) is 0 Å². The fraction of sp³-hybridized carbons (Fsp3) is 0.357. The van der Waals surface area contributed by atoms with Gasteiger partial charge in [-0.05, 0) is 36.1 Å². The monoisotopic (exact) mass is 228 g/mol. The molecule has 2 aromatic rings. The first-order valence-corrected chi connectivity index (χ1v) is 6.11. The Morgan fingerprint density at radius 2 is 2.29 bits per heavy atom. The molecule has 0 saturated carbocycles. The first-order chi connectivity index (χ1) is 8.36. The molecule has 0 aromatic carbocycles. The van der Waals surface area contributed by atoms with Gasteiger partial charge in [-0.25, -0.2) is 4.98 Å². The van der Waals surface area contributed by atoms with Crippen molar-refractivity contribution >= 4 is 11.2 Å².